The number of aromatic nitrogens is 2. The average Bonchev–Trinajstić information content (AvgIpc) is 3.06. The average molecular weight is 352 g/mol. The first-order chi connectivity index (χ1) is 12.8. The highest BCUT2D eigenvalue weighted by Gasteiger charge is 2.26. The topological polar surface area (TPSA) is 58.1 Å². The van der Waals surface area contributed by atoms with E-state index in [4.69, 9.17) is 0 Å². The molecule has 0 bridgehead atoms. The number of carbonyl (C=O) groups is 1. The summed E-state index contributed by atoms with van der Waals surface area (Å²) in [6, 6.07) is 6.01. The Morgan fingerprint density at radius 1 is 1.15 bits per heavy atom. The molecule has 2 aromatic heterocycles. The van der Waals surface area contributed by atoms with E-state index < -0.39 is 0 Å². The van der Waals surface area contributed by atoms with Gasteiger partial charge in [0.25, 0.3) is 0 Å². The van der Waals surface area contributed by atoms with Crippen molar-refractivity contribution in [3.05, 3.63) is 36.2 Å². The minimum atomic E-state index is 0.350. The Balaban J connectivity index is 1.44. The fourth-order valence-corrected chi connectivity index (χ4v) is 4.45. The van der Waals surface area contributed by atoms with E-state index in [1.165, 1.54) is 31.2 Å². The molecule has 2 aromatic rings. The van der Waals surface area contributed by atoms with Gasteiger partial charge in [0, 0.05) is 45.0 Å². The van der Waals surface area contributed by atoms with Crippen LogP contribution in [0.5, 0.6) is 0 Å². The van der Waals surface area contributed by atoms with Gasteiger partial charge >= 0.3 is 0 Å². The van der Waals surface area contributed by atoms with Crippen molar-refractivity contribution in [3.63, 3.8) is 0 Å². The Hall–Kier alpha value is -2.01. The van der Waals surface area contributed by atoms with Crippen LogP contribution >= 0.6 is 0 Å². The predicted octanol–water partition coefficient (Wildman–Crippen LogP) is 2.80. The summed E-state index contributed by atoms with van der Waals surface area (Å²) >= 11 is 0. The summed E-state index contributed by atoms with van der Waals surface area (Å²) in [7, 11) is 0. The quantitative estimate of drug-likeness (QED) is 0.919. The normalized spacial score (nSPS) is 21.8. The lowest BCUT2D eigenvalue weighted by atomic mass is 9.97. The molecule has 1 saturated heterocycles. The SMILES string of the molecule is O=C(CC1CCCC1)N1CCNC[C@@H](Cc2ccnc3cccnc23)C1. The molecule has 2 fully saturated rings. The van der Waals surface area contributed by atoms with Crippen LogP contribution in [0.4, 0.5) is 0 Å². The number of nitrogens with zero attached hydrogens (tertiary/aromatic N) is 3. The van der Waals surface area contributed by atoms with E-state index in [1.54, 1.807) is 0 Å². The molecule has 1 atom stereocenters. The van der Waals surface area contributed by atoms with Crippen molar-refractivity contribution in [2.75, 3.05) is 26.2 Å². The number of hydrogen-bond donors (Lipinski definition) is 1. The van der Waals surface area contributed by atoms with E-state index in [2.05, 4.69) is 26.3 Å². The highest BCUT2D eigenvalue weighted by atomic mass is 16.2. The van der Waals surface area contributed by atoms with E-state index in [1.807, 2.05) is 24.5 Å². The minimum Gasteiger partial charge on any atom is -0.341 e. The number of fused-ring (bicyclic) bond motifs is 1. The Morgan fingerprint density at radius 3 is 2.92 bits per heavy atom. The Kier molecular flexibility index (Phi) is 5.44. The molecule has 138 valence electrons. The number of nitrogens with one attached hydrogen (secondary N) is 1. The summed E-state index contributed by atoms with van der Waals surface area (Å²) in [6.45, 7) is 3.51. The summed E-state index contributed by atoms with van der Waals surface area (Å²) in [6.07, 6.45) is 10.4. The number of pyridine rings is 2. The molecule has 26 heavy (non-hydrogen) atoms. The Labute approximate surface area is 155 Å². The maximum Gasteiger partial charge on any atom is 0.222 e. The van der Waals surface area contributed by atoms with Crippen molar-refractivity contribution in [2.45, 2.75) is 38.5 Å². The van der Waals surface area contributed by atoms with Gasteiger partial charge < -0.3 is 10.2 Å². The third-order valence-electron chi connectivity index (χ3n) is 5.85. The molecule has 5 heteroatoms. The molecule has 2 aliphatic rings. The maximum atomic E-state index is 12.8. The second kappa shape index (κ2) is 8.12. The second-order valence-electron chi connectivity index (χ2n) is 7.81. The molecule has 1 N–H and O–H groups in total. The summed E-state index contributed by atoms with van der Waals surface area (Å²) in [5.41, 5.74) is 3.16. The molecular formula is C21H28N4O. The Bertz CT molecular complexity index is 751. The summed E-state index contributed by atoms with van der Waals surface area (Å²) in [4.78, 5) is 23.8. The summed E-state index contributed by atoms with van der Waals surface area (Å²) in [5, 5.41) is 3.51. The van der Waals surface area contributed by atoms with Crippen molar-refractivity contribution >= 4 is 16.9 Å². The van der Waals surface area contributed by atoms with Crippen LogP contribution in [-0.2, 0) is 11.2 Å². The van der Waals surface area contributed by atoms with Crippen molar-refractivity contribution in [1.82, 2.24) is 20.2 Å². The lowest BCUT2D eigenvalue weighted by Gasteiger charge is -2.25. The van der Waals surface area contributed by atoms with Crippen molar-refractivity contribution in [3.8, 4) is 0 Å². The van der Waals surface area contributed by atoms with Crippen molar-refractivity contribution in [1.29, 1.82) is 0 Å². The highest BCUT2D eigenvalue weighted by Crippen LogP contribution is 2.28. The Morgan fingerprint density at radius 2 is 2.04 bits per heavy atom. The van der Waals surface area contributed by atoms with Gasteiger partial charge in [-0.1, -0.05) is 12.8 Å². The second-order valence-corrected chi connectivity index (χ2v) is 7.81. The molecule has 4 rings (SSSR count). The first-order valence-electron chi connectivity index (χ1n) is 9.96. The standard InChI is InChI=1S/C21H28N4O/c26-20(13-16-4-1-2-5-16)25-11-10-22-14-17(15-25)12-18-7-9-23-19-6-3-8-24-21(18)19/h3,6-9,16-17,22H,1-2,4-5,10-15H2/t17-/m1/s1. The third kappa shape index (κ3) is 4.04. The van der Waals surface area contributed by atoms with Gasteiger partial charge in [-0.25, -0.2) is 0 Å². The first-order valence-corrected chi connectivity index (χ1v) is 9.96. The van der Waals surface area contributed by atoms with Gasteiger partial charge in [0.05, 0.1) is 11.0 Å². The van der Waals surface area contributed by atoms with Crippen LogP contribution in [0.2, 0.25) is 0 Å². The number of amides is 1. The molecule has 0 radical (unpaired) electrons. The van der Waals surface area contributed by atoms with Crippen molar-refractivity contribution < 1.29 is 4.79 Å². The minimum absolute atomic E-state index is 0.350. The van der Waals surface area contributed by atoms with Crippen LogP contribution in [0.3, 0.4) is 0 Å². The van der Waals surface area contributed by atoms with E-state index >= 15 is 0 Å². The summed E-state index contributed by atoms with van der Waals surface area (Å²) < 4.78 is 0. The van der Waals surface area contributed by atoms with Gasteiger partial charge in [-0.2, -0.15) is 0 Å². The van der Waals surface area contributed by atoms with Gasteiger partial charge in [-0.05, 0) is 54.9 Å². The largest absolute Gasteiger partial charge is 0.341 e. The van der Waals surface area contributed by atoms with E-state index in [9.17, 15) is 4.79 Å². The molecule has 0 spiro atoms. The lowest BCUT2D eigenvalue weighted by Crippen LogP contribution is -2.37. The van der Waals surface area contributed by atoms with Crippen molar-refractivity contribution in [2.24, 2.45) is 11.8 Å². The molecule has 0 unspecified atom stereocenters. The van der Waals surface area contributed by atoms with Crippen LogP contribution in [0.1, 0.15) is 37.7 Å². The van der Waals surface area contributed by atoms with Crippen LogP contribution in [0.25, 0.3) is 11.0 Å². The molecule has 3 heterocycles. The van der Waals surface area contributed by atoms with Gasteiger partial charge in [0.2, 0.25) is 5.91 Å². The van der Waals surface area contributed by atoms with Gasteiger partial charge in [-0.15, -0.1) is 0 Å². The van der Waals surface area contributed by atoms with Gasteiger partial charge in [0.1, 0.15) is 0 Å². The van der Waals surface area contributed by atoms with Crippen LogP contribution in [0, 0.1) is 11.8 Å². The molecule has 1 aliphatic carbocycles. The predicted molar refractivity (Wildman–Crippen MR) is 103 cm³/mol. The lowest BCUT2D eigenvalue weighted by molar-refractivity contribution is -0.132. The third-order valence-corrected chi connectivity index (χ3v) is 5.85. The molecule has 1 amide bonds. The molecular weight excluding hydrogens is 324 g/mol. The zero-order chi connectivity index (χ0) is 17.8. The molecule has 5 nitrogen and oxygen atoms in total. The van der Waals surface area contributed by atoms with E-state index in [0.29, 0.717) is 17.7 Å². The van der Waals surface area contributed by atoms with Crippen LogP contribution < -0.4 is 5.32 Å². The zero-order valence-electron chi connectivity index (χ0n) is 15.4. The maximum absolute atomic E-state index is 12.8. The zero-order valence-corrected chi connectivity index (χ0v) is 15.4. The van der Waals surface area contributed by atoms with E-state index in [-0.39, 0.29) is 0 Å². The fourth-order valence-electron chi connectivity index (χ4n) is 4.45. The molecule has 0 aromatic carbocycles. The molecule has 1 aliphatic heterocycles. The van der Waals surface area contributed by atoms with Gasteiger partial charge in [0.15, 0.2) is 0 Å². The van der Waals surface area contributed by atoms with Crippen LogP contribution in [-0.4, -0.2) is 47.0 Å². The van der Waals surface area contributed by atoms with Crippen LogP contribution in [0.15, 0.2) is 30.6 Å². The first kappa shape index (κ1) is 17.4. The smallest absolute Gasteiger partial charge is 0.222 e. The highest BCUT2D eigenvalue weighted by molar-refractivity contribution is 5.77. The molecule has 1 saturated carbocycles. The van der Waals surface area contributed by atoms with E-state index in [0.717, 1.165) is 50.1 Å². The summed E-state index contributed by atoms with van der Waals surface area (Å²) in [5.74, 6) is 1.38. The monoisotopic (exact) mass is 352 g/mol. The number of hydrogen-bond acceptors (Lipinski definition) is 4. The number of carbonyl (C=O) groups excluding carboxylic acids is 1. The number of rotatable bonds is 4. The fraction of sp³-hybridized carbons (Fsp3) is 0.571. The van der Waals surface area contributed by atoms with Gasteiger partial charge in [-0.3, -0.25) is 14.8 Å².